The molecule has 0 saturated heterocycles. The highest BCUT2D eigenvalue weighted by molar-refractivity contribution is 9.10. The molecule has 0 fully saturated rings. The van der Waals surface area contributed by atoms with Gasteiger partial charge in [0.1, 0.15) is 0 Å². The Labute approximate surface area is 94.7 Å². The molecule has 0 heterocycles. The van der Waals surface area contributed by atoms with Crippen molar-refractivity contribution in [3.8, 4) is 0 Å². The Bertz CT molecular complexity index is 415. The van der Waals surface area contributed by atoms with Gasteiger partial charge in [0.25, 0.3) is 0 Å². The lowest BCUT2D eigenvalue weighted by Gasteiger charge is -2.03. The van der Waals surface area contributed by atoms with Crippen LogP contribution in [0.4, 0.5) is 5.69 Å². The Morgan fingerprint density at radius 2 is 1.93 bits per heavy atom. The van der Waals surface area contributed by atoms with E-state index < -0.39 is 11.9 Å². The number of benzene rings is 1. The normalized spacial score (nSPS) is 10.2. The highest BCUT2D eigenvalue weighted by atomic mass is 79.9. The molecule has 0 saturated carbocycles. The molecule has 4 nitrogen and oxygen atoms in total. The minimum Gasteiger partial charge on any atom is -0.478 e. The predicted molar refractivity (Wildman–Crippen MR) is 59.5 cm³/mol. The summed E-state index contributed by atoms with van der Waals surface area (Å²) in [5.41, 5.74) is 0.595. The number of aliphatic carboxylic acids is 1. The summed E-state index contributed by atoms with van der Waals surface area (Å²) in [6.07, 6.45) is 1.74. The van der Waals surface area contributed by atoms with Crippen LogP contribution in [0.5, 0.6) is 0 Å². The van der Waals surface area contributed by atoms with E-state index in [0.29, 0.717) is 5.69 Å². The number of amides is 1. The van der Waals surface area contributed by atoms with E-state index in [9.17, 15) is 9.59 Å². The average molecular weight is 270 g/mol. The molecule has 1 aromatic rings. The lowest BCUT2D eigenvalue weighted by Crippen LogP contribution is -2.08. The fourth-order valence-corrected chi connectivity index (χ4v) is 1.27. The Balaban J connectivity index is 2.67. The van der Waals surface area contributed by atoms with Crippen LogP contribution in [0.15, 0.2) is 40.9 Å². The van der Waals surface area contributed by atoms with Crippen molar-refractivity contribution in [3.63, 3.8) is 0 Å². The maximum atomic E-state index is 11.2. The van der Waals surface area contributed by atoms with Gasteiger partial charge in [-0.2, -0.15) is 0 Å². The first-order valence-electron chi connectivity index (χ1n) is 4.06. The molecular weight excluding hydrogens is 262 g/mol. The molecule has 0 unspecified atom stereocenters. The summed E-state index contributed by atoms with van der Waals surface area (Å²) >= 11 is 3.25. The molecule has 1 amide bonds. The van der Waals surface area contributed by atoms with Gasteiger partial charge >= 0.3 is 5.97 Å². The fourth-order valence-electron chi connectivity index (χ4n) is 0.884. The van der Waals surface area contributed by atoms with Crippen molar-refractivity contribution in [1.82, 2.24) is 0 Å². The van der Waals surface area contributed by atoms with E-state index in [0.717, 1.165) is 16.6 Å². The number of halogens is 1. The number of nitrogens with one attached hydrogen (secondary N) is 1. The van der Waals surface area contributed by atoms with E-state index in [2.05, 4.69) is 21.2 Å². The van der Waals surface area contributed by atoms with Crippen LogP contribution in [0, 0.1) is 0 Å². The Morgan fingerprint density at radius 3 is 2.53 bits per heavy atom. The summed E-state index contributed by atoms with van der Waals surface area (Å²) in [5.74, 6) is -1.64. The Hall–Kier alpha value is -1.62. The molecule has 0 aliphatic rings. The largest absolute Gasteiger partial charge is 0.478 e. The first kappa shape index (κ1) is 11.5. The van der Waals surface area contributed by atoms with Gasteiger partial charge in [0.15, 0.2) is 0 Å². The van der Waals surface area contributed by atoms with Crippen LogP contribution in [0.3, 0.4) is 0 Å². The zero-order chi connectivity index (χ0) is 11.3. The van der Waals surface area contributed by atoms with E-state index in [-0.39, 0.29) is 0 Å². The highest BCUT2D eigenvalue weighted by Crippen LogP contribution is 2.20. The summed E-state index contributed by atoms with van der Waals surface area (Å²) in [4.78, 5) is 21.3. The van der Waals surface area contributed by atoms with Crippen LogP contribution in [-0.2, 0) is 9.59 Å². The Morgan fingerprint density at radius 1 is 1.27 bits per heavy atom. The summed E-state index contributed by atoms with van der Waals surface area (Å²) in [6, 6.07) is 7.06. The van der Waals surface area contributed by atoms with E-state index >= 15 is 0 Å². The van der Waals surface area contributed by atoms with Crippen molar-refractivity contribution >= 4 is 33.5 Å². The number of para-hydroxylation sites is 1. The molecule has 0 aliphatic carbocycles. The van der Waals surface area contributed by atoms with Gasteiger partial charge in [0, 0.05) is 16.6 Å². The topological polar surface area (TPSA) is 66.4 Å². The standard InChI is InChI=1S/C10H8BrNO3/c11-7-3-1-2-4-8(7)12-9(13)5-6-10(14)15/h1-6H,(H,12,13)(H,14,15). The van der Waals surface area contributed by atoms with Crippen LogP contribution >= 0.6 is 15.9 Å². The number of hydrogen-bond donors (Lipinski definition) is 2. The first-order chi connectivity index (χ1) is 7.09. The third kappa shape index (κ3) is 3.95. The molecule has 0 aliphatic heterocycles. The molecule has 78 valence electrons. The van der Waals surface area contributed by atoms with Gasteiger partial charge in [-0.05, 0) is 28.1 Å². The van der Waals surface area contributed by atoms with Gasteiger partial charge in [0.2, 0.25) is 5.91 Å². The molecule has 15 heavy (non-hydrogen) atoms. The molecule has 0 aromatic heterocycles. The molecule has 2 N–H and O–H groups in total. The van der Waals surface area contributed by atoms with Crippen LogP contribution in [0.25, 0.3) is 0 Å². The maximum Gasteiger partial charge on any atom is 0.328 e. The zero-order valence-electron chi connectivity index (χ0n) is 7.61. The zero-order valence-corrected chi connectivity index (χ0v) is 9.19. The van der Waals surface area contributed by atoms with Gasteiger partial charge in [-0.3, -0.25) is 4.79 Å². The van der Waals surface area contributed by atoms with Crippen LogP contribution < -0.4 is 5.32 Å². The number of carbonyl (C=O) groups excluding carboxylic acids is 1. The molecular formula is C10H8BrNO3. The second-order valence-electron chi connectivity index (χ2n) is 2.64. The van der Waals surface area contributed by atoms with Gasteiger partial charge in [0.05, 0.1) is 5.69 Å². The van der Waals surface area contributed by atoms with Crippen LogP contribution in [-0.4, -0.2) is 17.0 Å². The van der Waals surface area contributed by atoms with Crippen molar-refractivity contribution in [2.45, 2.75) is 0 Å². The minimum absolute atomic E-state index is 0.482. The van der Waals surface area contributed by atoms with Crippen LogP contribution in [0.2, 0.25) is 0 Å². The van der Waals surface area contributed by atoms with Gasteiger partial charge in [-0.1, -0.05) is 12.1 Å². The van der Waals surface area contributed by atoms with E-state index in [1.807, 2.05) is 6.07 Å². The lowest BCUT2D eigenvalue weighted by atomic mass is 10.3. The quantitative estimate of drug-likeness (QED) is 0.826. The first-order valence-corrected chi connectivity index (χ1v) is 4.85. The summed E-state index contributed by atoms with van der Waals surface area (Å²) in [5, 5.41) is 10.8. The summed E-state index contributed by atoms with van der Waals surface area (Å²) < 4.78 is 0.738. The molecule has 0 bridgehead atoms. The van der Waals surface area contributed by atoms with Gasteiger partial charge in [-0.25, -0.2) is 4.79 Å². The predicted octanol–water partition coefficient (Wildman–Crippen LogP) is 2.03. The average Bonchev–Trinajstić information content (AvgIpc) is 2.18. The van der Waals surface area contributed by atoms with Crippen molar-refractivity contribution < 1.29 is 14.7 Å². The number of carboxylic acid groups (broad SMARTS) is 1. The number of anilines is 1. The van der Waals surface area contributed by atoms with Crippen molar-refractivity contribution in [2.24, 2.45) is 0 Å². The second-order valence-corrected chi connectivity index (χ2v) is 3.50. The van der Waals surface area contributed by atoms with Crippen LogP contribution in [0.1, 0.15) is 0 Å². The number of carboxylic acids is 1. The van der Waals surface area contributed by atoms with Crippen molar-refractivity contribution in [2.75, 3.05) is 5.32 Å². The number of carbonyl (C=O) groups is 2. The molecule has 1 rings (SSSR count). The SMILES string of the molecule is O=C(O)C=CC(=O)Nc1ccccc1Br. The highest BCUT2D eigenvalue weighted by Gasteiger charge is 2.01. The molecule has 0 atom stereocenters. The van der Waals surface area contributed by atoms with E-state index in [4.69, 9.17) is 5.11 Å². The van der Waals surface area contributed by atoms with Crippen molar-refractivity contribution in [3.05, 3.63) is 40.9 Å². The number of hydrogen-bond acceptors (Lipinski definition) is 2. The second kappa shape index (κ2) is 5.31. The summed E-state index contributed by atoms with van der Waals surface area (Å²) in [7, 11) is 0. The molecule has 1 aromatic carbocycles. The monoisotopic (exact) mass is 269 g/mol. The third-order valence-corrected chi connectivity index (χ3v) is 2.20. The minimum atomic E-state index is -1.16. The van der Waals surface area contributed by atoms with Gasteiger partial charge < -0.3 is 10.4 Å². The van der Waals surface area contributed by atoms with E-state index in [1.54, 1.807) is 18.2 Å². The molecule has 0 spiro atoms. The fraction of sp³-hybridized carbons (Fsp3) is 0. The lowest BCUT2D eigenvalue weighted by molar-refractivity contribution is -0.131. The Kier molecular flexibility index (Phi) is 4.05. The summed E-state index contributed by atoms with van der Waals surface area (Å²) in [6.45, 7) is 0. The number of rotatable bonds is 3. The third-order valence-electron chi connectivity index (χ3n) is 1.51. The van der Waals surface area contributed by atoms with Gasteiger partial charge in [-0.15, -0.1) is 0 Å². The maximum absolute atomic E-state index is 11.2. The smallest absolute Gasteiger partial charge is 0.328 e. The molecule has 5 heteroatoms. The van der Waals surface area contributed by atoms with Crippen molar-refractivity contribution in [1.29, 1.82) is 0 Å². The van der Waals surface area contributed by atoms with E-state index in [1.165, 1.54) is 0 Å². The molecule has 0 radical (unpaired) electrons.